The second-order valence-corrected chi connectivity index (χ2v) is 6.66. The summed E-state index contributed by atoms with van der Waals surface area (Å²) in [6.07, 6.45) is 0. The standard InChI is InChI=1S/C12H2BrCl5O2/c13-3-1-4(14)7(17)11-9(3)19-12-8(18)5(15)2-6(16)10(12)20-11/h1-2H. The van der Waals surface area contributed by atoms with Gasteiger partial charge in [-0.25, -0.2) is 0 Å². The fraction of sp³-hybridized carbons (Fsp3) is 0. The summed E-state index contributed by atoms with van der Waals surface area (Å²) in [7, 11) is 0. The lowest BCUT2D eigenvalue weighted by molar-refractivity contribution is 0.358. The predicted molar refractivity (Wildman–Crippen MR) is 85.8 cm³/mol. The van der Waals surface area contributed by atoms with Crippen LogP contribution >= 0.6 is 73.9 Å². The lowest BCUT2D eigenvalue weighted by Crippen LogP contribution is -2.02. The summed E-state index contributed by atoms with van der Waals surface area (Å²) in [5.74, 6) is 1.09. The number of rotatable bonds is 0. The van der Waals surface area contributed by atoms with Crippen molar-refractivity contribution in [1.82, 2.24) is 0 Å². The van der Waals surface area contributed by atoms with Crippen molar-refractivity contribution >= 4 is 73.9 Å². The zero-order chi connectivity index (χ0) is 14.6. The molecule has 0 bridgehead atoms. The molecule has 104 valence electrons. The molecule has 3 rings (SSSR count). The monoisotopic (exact) mass is 432 g/mol. The molecule has 0 amide bonds. The number of hydrogen-bond acceptors (Lipinski definition) is 2. The molecule has 0 saturated heterocycles. The van der Waals surface area contributed by atoms with Crippen molar-refractivity contribution in [3.8, 4) is 23.0 Å². The van der Waals surface area contributed by atoms with Crippen LogP contribution in [0.1, 0.15) is 0 Å². The first-order chi connectivity index (χ1) is 9.40. The minimum atomic E-state index is 0.203. The zero-order valence-electron chi connectivity index (χ0n) is 9.24. The third-order valence-electron chi connectivity index (χ3n) is 2.58. The van der Waals surface area contributed by atoms with Gasteiger partial charge in [0.1, 0.15) is 10.0 Å². The summed E-state index contributed by atoms with van der Waals surface area (Å²) >= 11 is 33.6. The van der Waals surface area contributed by atoms with Gasteiger partial charge in [0.2, 0.25) is 0 Å². The van der Waals surface area contributed by atoms with E-state index < -0.39 is 0 Å². The smallest absolute Gasteiger partial charge is 0.191 e. The Morgan fingerprint density at radius 2 is 1.15 bits per heavy atom. The Morgan fingerprint density at radius 1 is 0.650 bits per heavy atom. The maximum atomic E-state index is 6.11. The van der Waals surface area contributed by atoms with E-state index in [1.165, 1.54) is 6.07 Å². The third kappa shape index (κ3) is 2.25. The van der Waals surface area contributed by atoms with Crippen LogP contribution in [0.2, 0.25) is 25.1 Å². The SMILES string of the molecule is Clc1cc(Cl)c2c(c1Cl)Oc1c(Br)cc(Cl)c(Cl)c1O2. The van der Waals surface area contributed by atoms with Crippen LogP contribution in [0.15, 0.2) is 16.6 Å². The van der Waals surface area contributed by atoms with E-state index in [2.05, 4.69) is 15.9 Å². The van der Waals surface area contributed by atoms with Crippen molar-refractivity contribution in [1.29, 1.82) is 0 Å². The van der Waals surface area contributed by atoms with Crippen LogP contribution in [-0.4, -0.2) is 0 Å². The Morgan fingerprint density at radius 3 is 1.80 bits per heavy atom. The lowest BCUT2D eigenvalue weighted by atomic mass is 10.2. The van der Waals surface area contributed by atoms with Crippen LogP contribution in [0.3, 0.4) is 0 Å². The van der Waals surface area contributed by atoms with Crippen molar-refractivity contribution in [3.63, 3.8) is 0 Å². The Labute approximate surface area is 147 Å². The molecule has 0 radical (unpaired) electrons. The second-order valence-electron chi connectivity index (χ2n) is 3.83. The summed E-state index contributed by atoms with van der Waals surface area (Å²) in [6.45, 7) is 0. The van der Waals surface area contributed by atoms with E-state index in [-0.39, 0.29) is 37.3 Å². The van der Waals surface area contributed by atoms with E-state index >= 15 is 0 Å². The molecule has 0 fully saturated rings. The van der Waals surface area contributed by atoms with Crippen LogP contribution in [-0.2, 0) is 0 Å². The van der Waals surface area contributed by atoms with Crippen LogP contribution < -0.4 is 9.47 Å². The highest BCUT2D eigenvalue weighted by atomic mass is 79.9. The third-order valence-corrected chi connectivity index (χ3v) is 4.99. The molecule has 20 heavy (non-hydrogen) atoms. The zero-order valence-corrected chi connectivity index (χ0v) is 14.6. The van der Waals surface area contributed by atoms with Crippen molar-refractivity contribution in [2.45, 2.75) is 0 Å². The average Bonchev–Trinajstić information content (AvgIpc) is 2.41. The highest BCUT2D eigenvalue weighted by molar-refractivity contribution is 9.10. The molecular formula is C12H2BrCl5O2. The van der Waals surface area contributed by atoms with Crippen LogP contribution in [0.4, 0.5) is 0 Å². The quantitative estimate of drug-likeness (QED) is 0.338. The van der Waals surface area contributed by atoms with Gasteiger partial charge in [-0.1, -0.05) is 58.0 Å². The van der Waals surface area contributed by atoms with Gasteiger partial charge < -0.3 is 9.47 Å². The van der Waals surface area contributed by atoms with E-state index in [4.69, 9.17) is 67.5 Å². The minimum Gasteiger partial charge on any atom is -0.447 e. The molecule has 1 heterocycles. The summed E-state index contributed by atoms with van der Waals surface area (Å²) in [6, 6.07) is 3.06. The first-order valence-electron chi connectivity index (χ1n) is 5.11. The van der Waals surface area contributed by atoms with Crippen LogP contribution in [0.25, 0.3) is 0 Å². The number of fused-ring (bicyclic) bond motifs is 2. The van der Waals surface area contributed by atoms with E-state index in [0.29, 0.717) is 15.2 Å². The van der Waals surface area contributed by atoms with Gasteiger partial charge in [0.15, 0.2) is 23.0 Å². The molecule has 2 aromatic carbocycles. The molecular weight excluding hydrogens is 433 g/mol. The van der Waals surface area contributed by atoms with Crippen molar-refractivity contribution in [2.75, 3.05) is 0 Å². The Balaban J connectivity index is 2.27. The minimum absolute atomic E-state index is 0.203. The Hall–Kier alpha value is -0.0300. The van der Waals surface area contributed by atoms with Crippen molar-refractivity contribution in [2.24, 2.45) is 0 Å². The summed E-state index contributed by atoms with van der Waals surface area (Å²) in [5, 5.41) is 1.26. The van der Waals surface area contributed by atoms with Gasteiger partial charge in [0.25, 0.3) is 0 Å². The van der Waals surface area contributed by atoms with Gasteiger partial charge in [-0.05, 0) is 28.1 Å². The van der Waals surface area contributed by atoms with Crippen LogP contribution in [0, 0.1) is 0 Å². The molecule has 0 atom stereocenters. The van der Waals surface area contributed by atoms with E-state index in [0.717, 1.165) is 0 Å². The fourth-order valence-corrected chi connectivity index (χ4v) is 3.35. The summed E-state index contributed by atoms with van der Waals surface area (Å²) in [4.78, 5) is 0. The topological polar surface area (TPSA) is 18.5 Å². The normalized spacial score (nSPS) is 12.3. The van der Waals surface area contributed by atoms with Gasteiger partial charge in [-0.3, -0.25) is 0 Å². The molecule has 0 aromatic heterocycles. The van der Waals surface area contributed by atoms with E-state index in [9.17, 15) is 0 Å². The van der Waals surface area contributed by atoms with Gasteiger partial charge in [-0.2, -0.15) is 0 Å². The number of hydrogen-bond donors (Lipinski definition) is 0. The first kappa shape index (κ1) is 14.9. The van der Waals surface area contributed by atoms with Crippen molar-refractivity contribution in [3.05, 3.63) is 41.7 Å². The second kappa shape index (κ2) is 5.31. The molecule has 0 spiro atoms. The summed E-state index contributed by atoms with van der Waals surface area (Å²) in [5.41, 5.74) is 0. The molecule has 0 N–H and O–H groups in total. The molecule has 8 heteroatoms. The van der Waals surface area contributed by atoms with Gasteiger partial charge >= 0.3 is 0 Å². The molecule has 1 aliphatic rings. The number of halogens is 6. The maximum absolute atomic E-state index is 6.11. The van der Waals surface area contributed by atoms with Gasteiger partial charge in [0, 0.05) is 0 Å². The first-order valence-corrected chi connectivity index (χ1v) is 7.79. The largest absolute Gasteiger partial charge is 0.447 e. The fourth-order valence-electron chi connectivity index (χ4n) is 1.69. The molecule has 2 nitrogen and oxygen atoms in total. The Bertz CT molecular complexity index is 684. The van der Waals surface area contributed by atoms with Gasteiger partial charge in [-0.15, -0.1) is 0 Å². The molecule has 0 unspecified atom stereocenters. The highest BCUT2D eigenvalue weighted by Gasteiger charge is 2.30. The molecule has 1 aliphatic heterocycles. The molecule has 0 saturated carbocycles. The maximum Gasteiger partial charge on any atom is 0.191 e. The Kier molecular flexibility index (Phi) is 3.95. The highest BCUT2D eigenvalue weighted by Crippen LogP contribution is 2.58. The van der Waals surface area contributed by atoms with E-state index in [1.807, 2.05) is 0 Å². The number of benzene rings is 2. The van der Waals surface area contributed by atoms with E-state index in [1.54, 1.807) is 6.07 Å². The molecule has 2 aromatic rings. The molecule has 0 aliphatic carbocycles. The van der Waals surface area contributed by atoms with Gasteiger partial charge in [0.05, 0.1) is 19.5 Å². The number of ether oxygens (including phenoxy) is 2. The lowest BCUT2D eigenvalue weighted by Gasteiger charge is -2.24. The van der Waals surface area contributed by atoms with Crippen LogP contribution in [0.5, 0.6) is 23.0 Å². The van der Waals surface area contributed by atoms with Crippen molar-refractivity contribution < 1.29 is 9.47 Å². The average molecular weight is 435 g/mol. The predicted octanol–water partition coefficient (Wildman–Crippen LogP) is 7.61. The summed E-state index contributed by atoms with van der Waals surface area (Å²) < 4.78 is 12.0.